The molecule has 170 valence electrons. The second kappa shape index (κ2) is 9.12. The number of hydrogen-bond acceptors (Lipinski definition) is 8. The molecule has 0 unspecified atom stereocenters. The Hall–Kier alpha value is -4.35. The number of pyridine rings is 2. The van der Waals surface area contributed by atoms with Crippen LogP contribution in [0.3, 0.4) is 0 Å². The quantitative estimate of drug-likeness (QED) is 0.361. The van der Waals surface area contributed by atoms with Gasteiger partial charge in [0.1, 0.15) is 16.5 Å². The fraction of sp³-hybridized carbons (Fsp3) is 0.148. The normalized spacial score (nSPS) is 13.7. The highest BCUT2D eigenvalue weighted by Crippen LogP contribution is 2.39. The molecule has 1 aliphatic rings. The van der Waals surface area contributed by atoms with Gasteiger partial charge in [-0.05, 0) is 29.8 Å². The van der Waals surface area contributed by atoms with Crippen molar-refractivity contribution in [3.8, 4) is 28.6 Å². The van der Waals surface area contributed by atoms with E-state index in [1.165, 1.54) is 0 Å². The van der Waals surface area contributed by atoms with Gasteiger partial charge in [-0.15, -0.1) is 11.3 Å². The third-order valence-electron chi connectivity index (χ3n) is 6.20. The van der Waals surface area contributed by atoms with Crippen LogP contribution in [-0.4, -0.2) is 46.1 Å². The maximum Gasteiger partial charge on any atom is 0.164 e. The number of nitrogens with zero attached hydrogens (tertiary/aromatic N) is 7. The fourth-order valence-electron chi connectivity index (χ4n) is 4.41. The summed E-state index contributed by atoms with van der Waals surface area (Å²) in [6.07, 6.45) is 5.27. The number of benzene rings is 1. The lowest BCUT2D eigenvalue weighted by Gasteiger charge is -2.36. The largest absolute Gasteiger partial charge is 0.353 e. The van der Waals surface area contributed by atoms with Crippen molar-refractivity contribution >= 4 is 33.2 Å². The van der Waals surface area contributed by atoms with Crippen LogP contribution in [0.4, 0.5) is 11.6 Å². The molecule has 5 aromatic rings. The van der Waals surface area contributed by atoms with Gasteiger partial charge >= 0.3 is 0 Å². The minimum atomic E-state index is 0.627. The van der Waals surface area contributed by atoms with E-state index in [0.29, 0.717) is 11.4 Å². The Morgan fingerprint density at radius 2 is 1.66 bits per heavy atom. The van der Waals surface area contributed by atoms with Gasteiger partial charge in [-0.1, -0.05) is 30.3 Å². The molecule has 0 atom stereocenters. The minimum absolute atomic E-state index is 0.627. The second-order valence-corrected chi connectivity index (χ2v) is 9.15. The lowest BCUT2D eigenvalue weighted by atomic mass is 10.1. The van der Waals surface area contributed by atoms with E-state index in [1.807, 2.05) is 30.5 Å². The summed E-state index contributed by atoms with van der Waals surface area (Å²) in [6, 6.07) is 20.1. The second-order valence-electron chi connectivity index (χ2n) is 8.30. The number of thiophene rings is 1. The van der Waals surface area contributed by atoms with Gasteiger partial charge in [0.2, 0.25) is 0 Å². The topological polar surface area (TPSA) is 81.8 Å². The van der Waals surface area contributed by atoms with Crippen molar-refractivity contribution in [3.63, 3.8) is 0 Å². The lowest BCUT2D eigenvalue weighted by molar-refractivity contribution is 0.643. The number of fused-ring (bicyclic) bond motifs is 1. The molecule has 0 aliphatic carbocycles. The predicted octanol–water partition coefficient (Wildman–Crippen LogP) is 5.01. The summed E-state index contributed by atoms with van der Waals surface area (Å²) >= 11 is 1.65. The van der Waals surface area contributed by atoms with Crippen LogP contribution in [-0.2, 0) is 0 Å². The summed E-state index contributed by atoms with van der Waals surface area (Å²) < 4.78 is 0. The van der Waals surface area contributed by atoms with E-state index >= 15 is 0 Å². The highest BCUT2D eigenvalue weighted by molar-refractivity contribution is 7.17. The maximum absolute atomic E-state index is 9.25. The number of nitriles is 1. The van der Waals surface area contributed by atoms with E-state index in [1.54, 1.807) is 29.8 Å². The van der Waals surface area contributed by atoms with Crippen LogP contribution >= 0.6 is 11.3 Å². The van der Waals surface area contributed by atoms with Crippen molar-refractivity contribution in [1.29, 1.82) is 5.26 Å². The van der Waals surface area contributed by atoms with Crippen LogP contribution < -0.4 is 9.80 Å². The Morgan fingerprint density at radius 1 is 0.857 bits per heavy atom. The molecule has 5 heterocycles. The zero-order chi connectivity index (χ0) is 23.6. The summed E-state index contributed by atoms with van der Waals surface area (Å²) in [5.41, 5.74) is 3.85. The third kappa shape index (κ3) is 4.07. The molecule has 6 rings (SSSR count). The third-order valence-corrected chi connectivity index (χ3v) is 7.07. The van der Waals surface area contributed by atoms with Gasteiger partial charge in [0.25, 0.3) is 0 Å². The van der Waals surface area contributed by atoms with Crippen LogP contribution in [0.15, 0.2) is 78.6 Å². The number of anilines is 2. The van der Waals surface area contributed by atoms with E-state index in [9.17, 15) is 5.26 Å². The molecule has 8 heteroatoms. The Balaban J connectivity index is 1.40. The van der Waals surface area contributed by atoms with Crippen LogP contribution in [0.5, 0.6) is 0 Å². The summed E-state index contributed by atoms with van der Waals surface area (Å²) in [4.78, 5) is 24.3. The first-order chi connectivity index (χ1) is 17.3. The maximum atomic E-state index is 9.25. The standard InChI is InChI=1S/C27H21N7S/c28-16-19-8-10-30-23(15-19)33-11-13-34(14-12-33)26-24-22(20-5-2-1-3-6-20)18-35-27(24)32-25(31-26)21-7-4-9-29-17-21/h1-10,15,17-18H,11-14H2. The van der Waals surface area contributed by atoms with Crippen LogP contribution in [0.2, 0.25) is 0 Å². The van der Waals surface area contributed by atoms with Gasteiger partial charge in [0, 0.05) is 61.3 Å². The number of rotatable bonds is 4. The van der Waals surface area contributed by atoms with E-state index in [2.05, 4.69) is 55.5 Å². The van der Waals surface area contributed by atoms with E-state index < -0.39 is 0 Å². The van der Waals surface area contributed by atoms with Crippen molar-refractivity contribution in [3.05, 3.63) is 84.1 Å². The zero-order valence-electron chi connectivity index (χ0n) is 18.9. The van der Waals surface area contributed by atoms with Crippen LogP contribution in [0.1, 0.15) is 5.56 Å². The van der Waals surface area contributed by atoms with Crippen molar-refractivity contribution in [2.24, 2.45) is 0 Å². The Kier molecular flexibility index (Phi) is 5.53. The Labute approximate surface area is 207 Å². The van der Waals surface area contributed by atoms with Crippen molar-refractivity contribution < 1.29 is 0 Å². The van der Waals surface area contributed by atoms with Gasteiger partial charge in [0.05, 0.1) is 17.0 Å². The minimum Gasteiger partial charge on any atom is -0.353 e. The van der Waals surface area contributed by atoms with Crippen LogP contribution in [0.25, 0.3) is 32.7 Å². The predicted molar refractivity (Wildman–Crippen MR) is 139 cm³/mol. The molecule has 0 saturated carbocycles. The average Bonchev–Trinajstić information content (AvgIpc) is 3.38. The molecule has 0 N–H and O–H groups in total. The smallest absolute Gasteiger partial charge is 0.164 e. The van der Waals surface area contributed by atoms with E-state index in [-0.39, 0.29) is 0 Å². The molecule has 4 aromatic heterocycles. The fourth-order valence-corrected chi connectivity index (χ4v) is 5.36. The molecule has 7 nitrogen and oxygen atoms in total. The number of piperazine rings is 1. The molecular weight excluding hydrogens is 454 g/mol. The molecule has 1 saturated heterocycles. The van der Waals surface area contributed by atoms with E-state index in [4.69, 9.17) is 9.97 Å². The Bertz CT molecular complexity index is 1520. The van der Waals surface area contributed by atoms with Gasteiger partial charge in [-0.2, -0.15) is 5.26 Å². The summed E-state index contributed by atoms with van der Waals surface area (Å²) in [7, 11) is 0. The Morgan fingerprint density at radius 3 is 2.43 bits per heavy atom. The number of aromatic nitrogens is 4. The summed E-state index contributed by atoms with van der Waals surface area (Å²) in [5, 5.41) is 12.5. The van der Waals surface area contributed by atoms with Gasteiger partial charge in [-0.3, -0.25) is 4.98 Å². The molecule has 0 radical (unpaired) electrons. The average molecular weight is 476 g/mol. The SMILES string of the molecule is N#Cc1ccnc(N2CCN(c3nc(-c4cccnc4)nc4scc(-c5ccccc5)c34)CC2)c1. The molecule has 1 aromatic carbocycles. The van der Waals surface area contributed by atoms with E-state index in [0.717, 1.165) is 64.7 Å². The molecule has 0 amide bonds. The van der Waals surface area contributed by atoms with Gasteiger partial charge in [-0.25, -0.2) is 15.0 Å². The van der Waals surface area contributed by atoms with Crippen molar-refractivity contribution in [2.75, 3.05) is 36.0 Å². The van der Waals surface area contributed by atoms with Crippen molar-refractivity contribution in [2.45, 2.75) is 0 Å². The first-order valence-corrected chi connectivity index (χ1v) is 12.3. The molecule has 0 spiro atoms. The molecular formula is C27H21N7S. The summed E-state index contributed by atoms with van der Waals surface area (Å²) in [5.74, 6) is 2.48. The molecule has 0 bridgehead atoms. The first kappa shape index (κ1) is 21.2. The molecule has 35 heavy (non-hydrogen) atoms. The lowest BCUT2D eigenvalue weighted by Crippen LogP contribution is -2.47. The zero-order valence-corrected chi connectivity index (χ0v) is 19.7. The van der Waals surface area contributed by atoms with Crippen LogP contribution in [0, 0.1) is 11.3 Å². The number of hydrogen-bond donors (Lipinski definition) is 0. The first-order valence-electron chi connectivity index (χ1n) is 11.4. The monoisotopic (exact) mass is 475 g/mol. The highest BCUT2D eigenvalue weighted by Gasteiger charge is 2.24. The highest BCUT2D eigenvalue weighted by atomic mass is 32.1. The molecule has 1 aliphatic heterocycles. The molecule has 1 fully saturated rings. The van der Waals surface area contributed by atoms with Gasteiger partial charge < -0.3 is 9.80 Å². The van der Waals surface area contributed by atoms with Crippen molar-refractivity contribution in [1.82, 2.24) is 19.9 Å². The van der Waals surface area contributed by atoms with Gasteiger partial charge in [0.15, 0.2) is 5.82 Å². The summed E-state index contributed by atoms with van der Waals surface area (Å²) in [6.45, 7) is 3.17.